The number of rotatable bonds is 3. The fourth-order valence-electron chi connectivity index (χ4n) is 1.69. The molecular formula is C10H12F2N2O2S. The van der Waals surface area contributed by atoms with Crippen LogP contribution in [0.5, 0.6) is 0 Å². The lowest BCUT2D eigenvalue weighted by Crippen LogP contribution is -2.50. The highest BCUT2D eigenvalue weighted by Gasteiger charge is 2.30. The molecule has 0 saturated heterocycles. The van der Waals surface area contributed by atoms with Crippen molar-refractivity contribution >= 4 is 10.0 Å². The van der Waals surface area contributed by atoms with Gasteiger partial charge in [0.25, 0.3) is 0 Å². The topological polar surface area (TPSA) is 72.2 Å². The Morgan fingerprint density at radius 1 is 1.24 bits per heavy atom. The zero-order chi connectivity index (χ0) is 12.6. The smallest absolute Gasteiger partial charge is 0.240 e. The van der Waals surface area contributed by atoms with Gasteiger partial charge in [0.2, 0.25) is 10.0 Å². The lowest BCUT2D eigenvalue weighted by Gasteiger charge is -2.32. The van der Waals surface area contributed by atoms with Crippen LogP contribution < -0.4 is 10.5 Å². The van der Waals surface area contributed by atoms with Crippen LogP contribution >= 0.6 is 0 Å². The van der Waals surface area contributed by atoms with E-state index in [2.05, 4.69) is 4.72 Å². The average Bonchev–Trinajstić information content (AvgIpc) is 2.19. The molecule has 0 aromatic heterocycles. The first-order valence-corrected chi connectivity index (χ1v) is 6.60. The van der Waals surface area contributed by atoms with Gasteiger partial charge >= 0.3 is 0 Å². The van der Waals surface area contributed by atoms with Gasteiger partial charge in [-0.1, -0.05) is 0 Å². The molecule has 1 aliphatic rings. The first-order valence-electron chi connectivity index (χ1n) is 5.11. The van der Waals surface area contributed by atoms with Crippen molar-refractivity contribution in [2.24, 2.45) is 5.73 Å². The molecule has 3 N–H and O–H groups in total. The molecule has 0 aliphatic heterocycles. The SMILES string of the molecule is NC1CC(NS(=O)(=O)c2ccc(F)c(F)c2)C1. The molecule has 0 spiro atoms. The Morgan fingerprint density at radius 2 is 1.88 bits per heavy atom. The zero-order valence-corrected chi connectivity index (χ0v) is 9.68. The van der Waals surface area contributed by atoms with E-state index in [0.717, 1.165) is 12.1 Å². The Hall–Kier alpha value is -1.05. The molecule has 1 saturated carbocycles. The molecule has 0 atom stereocenters. The van der Waals surface area contributed by atoms with E-state index in [4.69, 9.17) is 5.73 Å². The molecule has 0 bridgehead atoms. The summed E-state index contributed by atoms with van der Waals surface area (Å²) in [6, 6.07) is 2.27. The van der Waals surface area contributed by atoms with Gasteiger partial charge in [0.05, 0.1) is 4.90 Å². The fraction of sp³-hybridized carbons (Fsp3) is 0.400. The Kier molecular flexibility index (Phi) is 3.15. The van der Waals surface area contributed by atoms with Crippen molar-refractivity contribution in [3.05, 3.63) is 29.8 Å². The highest BCUT2D eigenvalue weighted by Crippen LogP contribution is 2.21. The van der Waals surface area contributed by atoms with Crippen LogP contribution in [-0.4, -0.2) is 20.5 Å². The molecule has 2 rings (SSSR count). The van der Waals surface area contributed by atoms with Crippen LogP contribution in [0.1, 0.15) is 12.8 Å². The normalized spacial score (nSPS) is 24.4. The number of nitrogens with two attached hydrogens (primary N) is 1. The summed E-state index contributed by atoms with van der Waals surface area (Å²) in [6.45, 7) is 0. The number of hydrogen-bond donors (Lipinski definition) is 2. The monoisotopic (exact) mass is 262 g/mol. The maximum Gasteiger partial charge on any atom is 0.240 e. The summed E-state index contributed by atoms with van der Waals surface area (Å²) in [5.74, 6) is -2.26. The zero-order valence-electron chi connectivity index (χ0n) is 8.86. The van der Waals surface area contributed by atoms with Gasteiger partial charge in [0, 0.05) is 12.1 Å². The van der Waals surface area contributed by atoms with E-state index in [9.17, 15) is 17.2 Å². The second-order valence-corrected chi connectivity index (χ2v) is 5.84. The quantitative estimate of drug-likeness (QED) is 0.843. The summed E-state index contributed by atoms with van der Waals surface area (Å²) in [7, 11) is -3.80. The van der Waals surface area contributed by atoms with Crippen molar-refractivity contribution in [3.63, 3.8) is 0 Å². The van der Waals surface area contributed by atoms with Gasteiger partial charge in [-0.15, -0.1) is 0 Å². The van der Waals surface area contributed by atoms with E-state index in [-0.39, 0.29) is 17.0 Å². The molecule has 0 radical (unpaired) electrons. The minimum absolute atomic E-state index is 0.00709. The van der Waals surface area contributed by atoms with Gasteiger partial charge < -0.3 is 5.73 Å². The minimum Gasteiger partial charge on any atom is -0.328 e. The molecule has 1 fully saturated rings. The molecular weight excluding hydrogens is 250 g/mol. The Bertz CT molecular complexity index is 527. The lowest BCUT2D eigenvalue weighted by molar-refractivity contribution is 0.327. The molecule has 94 valence electrons. The van der Waals surface area contributed by atoms with E-state index in [1.165, 1.54) is 0 Å². The van der Waals surface area contributed by atoms with Crippen molar-refractivity contribution in [2.75, 3.05) is 0 Å². The summed E-state index contributed by atoms with van der Waals surface area (Å²) in [4.78, 5) is -0.281. The maximum absolute atomic E-state index is 12.9. The fourth-order valence-corrected chi connectivity index (χ4v) is 2.96. The number of nitrogens with one attached hydrogen (secondary N) is 1. The number of halogens is 2. The lowest BCUT2D eigenvalue weighted by atomic mass is 9.89. The Morgan fingerprint density at radius 3 is 2.41 bits per heavy atom. The average molecular weight is 262 g/mol. The van der Waals surface area contributed by atoms with Crippen molar-refractivity contribution < 1.29 is 17.2 Å². The van der Waals surface area contributed by atoms with E-state index in [1.54, 1.807) is 0 Å². The number of hydrogen-bond acceptors (Lipinski definition) is 3. The summed E-state index contributed by atoms with van der Waals surface area (Å²) < 4.78 is 51.5. The second-order valence-electron chi connectivity index (χ2n) is 4.13. The Balaban J connectivity index is 2.17. The summed E-state index contributed by atoms with van der Waals surface area (Å²) >= 11 is 0. The van der Waals surface area contributed by atoms with Crippen LogP contribution in [0.15, 0.2) is 23.1 Å². The van der Waals surface area contributed by atoms with Crippen molar-refractivity contribution in [2.45, 2.75) is 29.8 Å². The first kappa shape index (κ1) is 12.4. The van der Waals surface area contributed by atoms with Gasteiger partial charge in [-0.3, -0.25) is 0 Å². The van der Waals surface area contributed by atoms with E-state index in [0.29, 0.717) is 18.9 Å². The van der Waals surface area contributed by atoms with Crippen LogP contribution in [0, 0.1) is 11.6 Å². The molecule has 1 aromatic carbocycles. The molecule has 7 heteroatoms. The van der Waals surface area contributed by atoms with E-state index >= 15 is 0 Å². The van der Waals surface area contributed by atoms with Crippen LogP contribution in [0.4, 0.5) is 8.78 Å². The molecule has 4 nitrogen and oxygen atoms in total. The highest BCUT2D eigenvalue weighted by atomic mass is 32.2. The van der Waals surface area contributed by atoms with Crippen molar-refractivity contribution in [1.82, 2.24) is 4.72 Å². The molecule has 0 amide bonds. The maximum atomic E-state index is 12.9. The van der Waals surface area contributed by atoms with Crippen LogP contribution in [-0.2, 0) is 10.0 Å². The summed E-state index contributed by atoms with van der Waals surface area (Å²) in [6.07, 6.45) is 1.12. The predicted molar refractivity (Wildman–Crippen MR) is 57.7 cm³/mol. The van der Waals surface area contributed by atoms with Gasteiger partial charge in [-0.05, 0) is 31.0 Å². The van der Waals surface area contributed by atoms with Gasteiger partial charge in [0.1, 0.15) is 0 Å². The van der Waals surface area contributed by atoms with Gasteiger partial charge in [-0.25, -0.2) is 21.9 Å². The number of benzene rings is 1. The van der Waals surface area contributed by atoms with Crippen molar-refractivity contribution in [3.8, 4) is 0 Å². The third-order valence-electron chi connectivity index (χ3n) is 2.70. The van der Waals surface area contributed by atoms with Crippen LogP contribution in [0.25, 0.3) is 0 Å². The third kappa shape index (κ3) is 2.62. The minimum atomic E-state index is -3.80. The van der Waals surface area contributed by atoms with Crippen LogP contribution in [0.3, 0.4) is 0 Å². The number of sulfonamides is 1. The molecule has 1 aliphatic carbocycles. The molecule has 0 unspecified atom stereocenters. The van der Waals surface area contributed by atoms with Gasteiger partial charge in [-0.2, -0.15) is 0 Å². The molecule has 0 heterocycles. The second kappa shape index (κ2) is 4.32. The standard InChI is InChI=1S/C10H12F2N2O2S/c11-9-2-1-8(5-10(9)12)17(15,16)14-7-3-6(13)4-7/h1-2,5-7,14H,3-4,13H2. The van der Waals surface area contributed by atoms with Gasteiger partial charge in [0.15, 0.2) is 11.6 Å². The Labute approximate surface area is 97.9 Å². The largest absolute Gasteiger partial charge is 0.328 e. The molecule has 17 heavy (non-hydrogen) atoms. The third-order valence-corrected chi connectivity index (χ3v) is 4.22. The summed E-state index contributed by atoms with van der Waals surface area (Å²) in [5, 5.41) is 0. The predicted octanol–water partition coefficient (Wildman–Crippen LogP) is 0.733. The van der Waals surface area contributed by atoms with Crippen molar-refractivity contribution in [1.29, 1.82) is 0 Å². The van der Waals surface area contributed by atoms with E-state index in [1.807, 2.05) is 0 Å². The van der Waals surface area contributed by atoms with Crippen LogP contribution in [0.2, 0.25) is 0 Å². The van der Waals surface area contributed by atoms with E-state index < -0.39 is 21.7 Å². The first-order chi connectivity index (χ1) is 7.88. The molecule has 1 aromatic rings. The highest BCUT2D eigenvalue weighted by molar-refractivity contribution is 7.89. The summed E-state index contributed by atoms with van der Waals surface area (Å²) in [5.41, 5.74) is 5.53.